The van der Waals surface area contributed by atoms with Gasteiger partial charge in [0.15, 0.2) is 0 Å². The molecule has 0 saturated heterocycles. The van der Waals surface area contributed by atoms with Crippen LogP contribution in [0.15, 0.2) is 30.3 Å². The highest BCUT2D eigenvalue weighted by molar-refractivity contribution is 7.16. The first-order valence-electron chi connectivity index (χ1n) is 6.83. The highest BCUT2D eigenvalue weighted by Gasteiger charge is 2.15. The minimum atomic E-state index is -0.177. The summed E-state index contributed by atoms with van der Waals surface area (Å²) in [6.45, 7) is 5.06. The normalized spacial score (nSPS) is 12.6. The fourth-order valence-electron chi connectivity index (χ4n) is 2.22. The Balaban J connectivity index is 2.18. The van der Waals surface area contributed by atoms with Crippen LogP contribution in [-0.4, -0.2) is 6.54 Å². The molecule has 2 rings (SSSR count). The molecular weight excluding hydrogens is 293 g/mol. The van der Waals surface area contributed by atoms with Crippen LogP contribution in [-0.2, 0) is 6.42 Å². The van der Waals surface area contributed by atoms with E-state index in [0.717, 1.165) is 29.3 Å². The topological polar surface area (TPSA) is 12.0 Å². The summed E-state index contributed by atoms with van der Waals surface area (Å²) < 4.78 is 14.0. The van der Waals surface area contributed by atoms with Crippen molar-refractivity contribution in [1.82, 2.24) is 5.32 Å². The highest BCUT2D eigenvalue weighted by Crippen LogP contribution is 2.29. The van der Waals surface area contributed by atoms with Gasteiger partial charge in [0.05, 0.1) is 4.34 Å². The van der Waals surface area contributed by atoms with Crippen LogP contribution in [0, 0.1) is 12.7 Å². The molecule has 20 heavy (non-hydrogen) atoms. The van der Waals surface area contributed by atoms with Crippen LogP contribution in [0.3, 0.4) is 0 Å². The third-order valence-corrected chi connectivity index (χ3v) is 4.65. The molecule has 1 nitrogen and oxygen atoms in total. The van der Waals surface area contributed by atoms with E-state index >= 15 is 0 Å². The maximum Gasteiger partial charge on any atom is 0.123 e. The van der Waals surface area contributed by atoms with Gasteiger partial charge in [0, 0.05) is 10.9 Å². The Morgan fingerprint density at radius 1 is 1.30 bits per heavy atom. The van der Waals surface area contributed by atoms with Gasteiger partial charge in [0.1, 0.15) is 5.82 Å². The molecule has 0 fully saturated rings. The first-order valence-corrected chi connectivity index (χ1v) is 8.03. The van der Waals surface area contributed by atoms with Crippen LogP contribution >= 0.6 is 22.9 Å². The van der Waals surface area contributed by atoms with E-state index in [1.807, 2.05) is 19.1 Å². The lowest BCUT2D eigenvalue weighted by Crippen LogP contribution is -2.23. The van der Waals surface area contributed by atoms with E-state index < -0.39 is 0 Å². The van der Waals surface area contributed by atoms with Crippen molar-refractivity contribution >= 4 is 22.9 Å². The standard InChI is InChI=1S/C16H19ClFNS/c1-3-8-19-14(15-6-7-16(17)20-15)10-12-4-5-13(18)9-11(12)2/h4-7,9,14,19H,3,8,10H2,1-2H3. The van der Waals surface area contributed by atoms with Gasteiger partial charge < -0.3 is 5.32 Å². The van der Waals surface area contributed by atoms with Crippen molar-refractivity contribution in [3.8, 4) is 0 Å². The zero-order valence-electron chi connectivity index (χ0n) is 11.7. The number of benzene rings is 1. The maximum absolute atomic E-state index is 13.2. The molecule has 0 saturated carbocycles. The average Bonchev–Trinajstić information content (AvgIpc) is 2.83. The van der Waals surface area contributed by atoms with Crippen molar-refractivity contribution in [2.75, 3.05) is 6.54 Å². The first-order chi connectivity index (χ1) is 9.60. The van der Waals surface area contributed by atoms with E-state index in [-0.39, 0.29) is 11.9 Å². The highest BCUT2D eigenvalue weighted by atomic mass is 35.5. The molecule has 0 aliphatic heterocycles. The number of halogens is 2. The van der Waals surface area contributed by atoms with E-state index in [4.69, 9.17) is 11.6 Å². The van der Waals surface area contributed by atoms with E-state index in [0.29, 0.717) is 0 Å². The van der Waals surface area contributed by atoms with E-state index in [9.17, 15) is 4.39 Å². The van der Waals surface area contributed by atoms with Gasteiger partial charge in [-0.2, -0.15) is 0 Å². The Bertz CT molecular complexity index is 567. The number of thiophene rings is 1. The minimum absolute atomic E-state index is 0.177. The van der Waals surface area contributed by atoms with Crippen LogP contribution < -0.4 is 5.32 Å². The number of hydrogen-bond donors (Lipinski definition) is 1. The molecule has 1 atom stereocenters. The van der Waals surface area contributed by atoms with Gasteiger partial charge in [0.25, 0.3) is 0 Å². The van der Waals surface area contributed by atoms with E-state index in [1.54, 1.807) is 17.4 Å². The second kappa shape index (κ2) is 7.21. The Labute approximate surface area is 128 Å². The molecule has 0 aliphatic rings. The molecule has 1 heterocycles. The molecule has 1 N–H and O–H groups in total. The van der Waals surface area contributed by atoms with Gasteiger partial charge in [0.2, 0.25) is 0 Å². The Morgan fingerprint density at radius 3 is 2.70 bits per heavy atom. The molecule has 1 aromatic carbocycles. The monoisotopic (exact) mass is 311 g/mol. The van der Waals surface area contributed by atoms with E-state index in [2.05, 4.69) is 18.3 Å². The van der Waals surface area contributed by atoms with Crippen molar-refractivity contribution in [2.45, 2.75) is 32.7 Å². The second-order valence-electron chi connectivity index (χ2n) is 4.92. The minimum Gasteiger partial charge on any atom is -0.309 e. The summed E-state index contributed by atoms with van der Waals surface area (Å²) in [7, 11) is 0. The third kappa shape index (κ3) is 4.05. The molecule has 0 spiro atoms. The lowest BCUT2D eigenvalue weighted by molar-refractivity contribution is 0.534. The molecule has 0 bridgehead atoms. The zero-order valence-corrected chi connectivity index (χ0v) is 13.3. The lowest BCUT2D eigenvalue weighted by atomic mass is 10.00. The average molecular weight is 312 g/mol. The van der Waals surface area contributed by atoms with Crippen LogP contribution in [0.5, 0.6) is 0 Å². The van der Waals surface area contributed by atoms with Gasteiger partial charge in [-0.05, 0) is 61.7 Å². The predicted octanol–water partition coefficient (Wildman–Crippen LogP) is 5.13. The molecule has 108 valence electrons. The van der Waals surface area contributed by atoms with Crippen LogP contribution in [0.2, 0.25) is 4.34 Å². The van der Waals surface area contributed by atoms with E-state index in [1.165, 1.54) is 16.5 Å². The van der Waals surface area contributed by atoms with Crippen molar-refractivity contribution in [2.24, 2.45) is 0 Å². The molecule has 1 aromatic heterocycles. The molecular formula is C16H19ClFNS. The molecule has 2 aromatic rings. The predicted molar refractivity (Wildman–Crippen MR) is 85.2 cm³/mol. The maximum atomic E-state index is 13.2. The number of aryl methyl sites for hydroxylation is 1. The number of nitrogens with one attached hydrogen (secondary N) is 1. The van der Waals surface area contributed by atoms with Crippen molar-refractivity contribution in [3.05, 3.63) is 56.5 Å². The summed E-state index contributed by atoms with van der Waals surface area (Å²) in [6, 6.07) is 9.23. The molecule has 0 radical (unpaired) electrons. The van der Waals surface area contributed by atoms with Crippen molar-refractivity contribution in [3.63, 3.8) is 0 Å². The summed E-state index contributed by atoms with van der Waals surface area (Å²) in [5.41, 5.74) is 2.17. The van der Waals surface area contributed by atoms with Gasteiger partial charge in [-0.3, -0.25) is 0 Å². The van der Waals surface area contributed by atoms with Crippen LogP contribution in [0.1, 0.15) is 35.4 Å². The second-order valence-corrected chi connectivity index (χ2v) is 6.67. The van der Waals surface area contributed by atoms with Crippen molar-refractivity contribution in [1.29, 1.82) is 0 Å². The number of hydrogen-bond acceptors (Lipinski definition) is 2. The smallest absolute Gasteiger partial charge is 0.123 e. The SMILES string of the molecule is CCCNC(Cc1ccc(F)cc1C)c1ccc(Cl)s1. The number of rotatable bonds is 6. The fraction of sp³-hybridized carbons (Fsp3) is 0.375. The first kappa shape index (κ1) is 15.5. The summed E-state index contributed by atoms with van der Waals surface area (Å²) in [5.74, 6) is -0.177. The summed E-state index contributed by atoms with van der Waals surface area (Å²) in [5, 5.41) is 3.55. The van der Waals surface area contributed by atoms with Gasteiger partial charge >= 0.3 is 0 Å². The van der Waals surface area contributed by atoms with Crippen molar-refractivity contribution < 1.29 is 4.39 Å². The molecule has 4 heteroatoms. The lowest BCUT2D eigenvalue weighted by Gasteiger charge is -2.18. The fourth-order valence-corrected chi connectivity index (χ4v) is 3.35. The zero-order chi connectivity index (χ0) is 14.5. The van der Waals surface area contributed by atoms with Gasteiger partial charge in [-0.15, -0.1) is 11.3 Å². The molecule has 0 aliphatic carbocycles. The molecule has 0 amide bonds. The Morgan fingerprint density at radius 2 is 2.10 bits per heavy atom. The quantitative estimate of drug-likeness (QED) is 0.779. The van der Waals surface area contributed by atoms with Gasteiger partial charge in [-0.25, -0.2) is 4.39 Å². The largest absolute Gasteiger partial charge is 0.309 e. The Hall–Kier alpha value is -0.900. The van der Waals surface area contributed by atoms with Crippen LogP contribution in [0.25, 0.3) is 0 Å². The summed E-state index contributed by atoms with van der Waals surface area (Å²) >= 11 is 7.64. The summed E-state index contributed by atoms with van der Waals surface area (Å²) in [6.07, 6.45) is 1.93. The third-order valence-electron chi connectivity index (χ3n) is 3.31. The molecule has 1 unspecified atom stereocenters. The van der Waals surface area contributed by atoms with Crippen LogP contribution in [0.4, 0.5) is 4.39 Å². The summed E-state index contributed by atoms with van der Waals surface area (Å²) in [4.78, 5) is 1.23. The Kier molecular flexibility index (Phi) is 5.58. The van der Waals surface area contributed by atoms with Gasteiger partial charge in [-0.1, -0.05) is 24.6 Å².